The number of carbonyl (C=O) groups excluding carboxylic acids is 3. The lowest BCUT2D eigenvalue weighted by Gasteiger charge is -2.15. The Morgan fingerprint density at radius 3 is 1.83 bits per heavy atom. The van der Waals surface area contributed by atoms with Gasteiger partial charge in [-0.1, -0.05) is 12.1 Å². The smallest absolute Gasteiger partial charge is 0.336 e. The molecule has 0 aliphatic heterocycles. The van der Waals surface area contributed by atoms with E-state index >= 15 is 0 Å². The number of hydrogen-bond donors (Lipinski definition) is 6. The molecule has 8 N–H and O–H groups in total. The first-order valence-electron chi connectivity index (χ1n) is 13.9. The summed E-state index contributed by atoms with van der Waals surface area (Å²) in [6.45, 7) is 1.94. The average molecular weight is 562 g/mol. The maximum atomic E-state index is 12.8. The predicted molar refractivity (Wildman–Crippen MR) is 151 cm³/mol. The van der Waals surface area contributed by atoms with Gasteiger partial charge in [0.25, 0.3) is 11.8 Å². The van der Waals surface area contributed by atoms with E-state index in [4.69, 9.17) is 16.3 Å². The van der Waals surface area contributed by atoms with Crippen LogP contribution in [0.15, 0.2) is 48.5 Å². The molecule has 11 heteroatoms. The van der Waals surface area contributed by atoms with Crippen LogP contribution in [-0.2, 0) is 4.79 Å². The van der Waals surface area contributed by atoms with E-state index in [2.05, 4.69) is 10.6 Å². The molecule has 2 amide bonds. The van der Waals surface area contributed by atoms with Crippen LogP contribution in [0.1, 0.15) is 63.4 Å². The summed E-state index contributed by atoms with van der Waals surface area (Å²) in [6.07, 6.45) is 2.54. The van der Waals surface area contributed by atoms with Crippen molar-refractivity contribution in [2.45, 2.75) is 31.6 Å². The third-order valence-electron chi connectivity index (χ3n) is 7.74. The van der Waals surface area contributed by atoms with Gasteiger partial charge < -0.3 is 37.2 Å². The van der Waals surface area contributed by atoms with Crippen LogP contribution in [0.3, 0.4) is 0 Å². The van der Waals surface area contributed by atoms with Crippen LogP contribution in [0, 0.1) is 11.8 Å². The second kappa shape index (κ2) is 12.0. The standard InChI is InChI=1S/C30H35N5O6/c31-9-1-11-33-28(38)17-3-5-20-21-6-4-18(29(39)34-12-2-10-32)14-24(21)25(23(20)13-17)16-19-15-22(19)30(40)41-35-26(36)7-8-27(35)37/h3-8,13-14,19,22,25,36-37H,1-2,9-12,15-16,31-32H2,(H,33,38)(H,34,39). The van der Waals surface area contributed by atoms with Crippen molar-refractivity contribution >= 4 is 17.8 Å². The quantitative estimate of drug-likeness (QED) is 0.181. The van der Waals surface area contributed by atoms with E-state index in [-0.39, 0.29) is 35.4 Å². The summed E-state index contributed by atoms with van der Waals surface area (Å²) in [5, 5.41) is 25.4. The van der Waals surface area contributed by atoms with Gasteiger partial charge in [-0.2, -0.15) is 0 Å². The molecule has 1 heterocycles. The molecule has 0 spiro atoms. The van der Waals surface area contributed by atoms with E-state index in [9.17, 15) is 24.6 Å². The Morgan fingerprint density at radius 1 is 0.829 bits per heavy atom. The molecule has 3 aromatic rings. The summed E-state index contributed by atoms with van der Waals surface area (Å²) in [5.41, 5.74) is 16.1. The fourth-order valence-electron chi connectivity index (χ4n) is 5.46. The van der Waals surface area contributed by atoms with Crippen LogP contribution >= 0.6 is 0 Å². The van der Waals surface area contributed by atoms with Gasteiger partial charge in [0.2, 0.25) is 11.8 Å². The van der Waals surface area contributed by atoms with Crippen LogP contribution in [0.5, 0.6) is 11.8 Å². The van der Waals surface area contributed by atoms with Crippen molar-refractivity contribution in [2.24, 2.45) is 23.3 Å². The van der Waals surface area contributed by atoms with Crippen LogP contribution < -0.4 is 26.9 Å². The predicted octanol–water partition coefficient (Wildman–Crippen LogP) is 1.85. The van der Waals surface area contributed by atoms with Gasteiger partial charge >= 0.3 is 5.97 Å². The zero-order chi connectivity index (χ0) is 29.1. The number of aromatic hydroxyl groups is 2. The van der Waals surface area contributed by atoms with Crippen LogP contribution in [-0.4, -0.2) is 58.9 Å². The second-order valence-corrected chi connectivity index (χ2v) is 10.5. The van der Waals surface area contributed by atoms with E-state index in [1.165, 1.54) is 12.1 Å². The number of benzene rings is 2. The van der Waals surface area contributed by atoms with Gasteiger partial charge in [-0.15, -0.1) is 4.73 Å². The Labute approximate surface area is 237 Å². The first-order chi connectivity index (χ1) is 19.8. The van der Waals surface area contributed by atoms with Crippen molar-refractivity contribution in [2.75, 3.05) is 26.2 Å². The second-order valence-electron chi connectivity index (χ2n) is 10.5. The summed E-state index contributed by atoms with van der Waals surface area (Å²) >= 11 is 0. The monoisotopic (exact) mass is 561 g/mol. The van der Waals surface area contributed by atoms with E-state index in [0.717, 1.165) is 22.3 Å². The molecule has 2 aliphatic carbocycles. The zero-order valence-corrected chi connectivity index (χ0v) is 22.6. The Balaban J connectivity index is 1.39. The highest BCUT2D eigenvalue weighted by Gasteiger charge is 2.47. The van der Waals surface area contributed by atoms with E-state index in [1.807, 2.05) is 24.3 Å². The number of fused-ring (bicyclic) bond motifs is 3. The Bertz CT molecular complexity index is 1380. The number of carbonyl (C=O) groups is 3. The van der Waals surface area contributed by atoms with E-state index < -0.39 is 11.9 Å². The molecule has 0 bridgehead atoms. The first kappa shape index (κ1) is 28.2. The molecule has 2 aromatic carbocycles. The highest BCUT2D eigenvalue weighted by molar-refractivity contribution is 5.98. The van der Waals surface area contributed by atoms with Gasteiger partial charge in [-0.3, -0.25) is 9.59 Å². The number of amides is 2. The molecule has 2 unspecified atom stereocenters. The van der Waals surface area contributed by atoms with Gasteiger partial charge in [0.15, 0.2) is 0 Å². The Hall–Kier alpha value is -4.35. The summed E-state index contributed by atoms with van der Waals surface area (Å²) in [4.78, 5) is 43.7. The molecule has 2 atom stereocenters. The van der Waals surface area contributed by atoms with E-state index in [0.29, 0.717) is 67.7 Å². The number of aromatic nitrogens is 1. The lowest BCUT2D eigenvalue weighted by molar-refractivity contribution is -0.147. The first-order valence-corrected chi connectivity index (χ1v) is 13.9. The Kier molecular flexibility index (Phi) is 8.27. The van der Waals surface area contributed by atoms with Crippen LogP contribution in [0.4, 0.5) is 0 Å². The highest BCUT2D eigenvalue weighted by Crippen LogP contribution is 2.53. The number of hydrogen-bond acceptors (Lipinski definition) is 8. The van der Waals surface area contributed by atoms with Crippen molar-refractivity contribution in [1.82, 2.24) is 15.4 Å². The topological polar surface area (TPSA) is 182 Å². The largest absolute Gasteiger partial charge is 0.492 e. The SMILES string of the molecule is NCCCNC(=O)c1ccc2c(c1)C(CC1CC1C(=O)On1c(O)ccc1O)c1cc(C(=O)NCCCN)ccc1-2. The number of nitrogens with one attached hydrogen (secondary N) is 2. The minimum Gasteiger partial charge on any atom is -0.492 e. The molecule has 5 rings (SSSR count). The summed E-state index contributed by atoms with van der Waals surface area (Å²) < 4.78 is 0.697. The molecule has 1 aromatic heterocycles. The van der Waals surface area contributed by atoms with Crippen LogP contribution in [0.25, 0.3) is 11.1 Å². The summed E-state index contributed by atoms with van der Waals surface area (Å²) in [6, 6.07) is 13.7. The number of nitrogens with zero attached hydrogens (tertiary/aromatic N) is 1. The van der Waals surface area contributed by atoms with Crippen molar-refractivity contribution in [3.8, 4) is 22.9 Å². The van der Waals surface area contributed by atoms with Gasteiger partial charge in [0.1, 0.15) is 0 Å². The fraction of sp³-hybridized carbons (Fsp3) is 0.367. The lowest BCUT2D eigenvalue weighted by atomic mass is 9.89. The summed E-state index contributed by atoms with van der Waals surface area (Å²) in [7, 11) is 0. The Morgan fingerprint density at radius 2 is 1.34 bits per heavy atom. The third-order valence-corrected chi connectivity index (χ3v) is 7.74. The van der Waals surface area contributed by atoms with Gasteiger partial charge in [-0.05, 0) is 91.2 Å². The average Bonchev–Trinajstić information content (AvgIpc) is 3.60. The van der Waals surface area contributed by atoms with Crippen molar-refractivity contribution in [3.05, 3.63) is 70.8 Å². The molecule has 0 saturated heterocycles. The normalized spacial score (nSPS) is 17.0. The third kappa shape index (κ3) is 5.91. The minimum absolute atomic E-state index is 0.0183. The molecule has 11 nitrogen and oxygen atoms in total. The molecular formula is C30H35N5O6. The highest BCUT2D eigenvalue weighted by atomic mass is 16.7. The molecule has 216 valence electrons. The molecule has 41 heavy (non-hydrogen) atoms. The van der Waals surface area contributed by atoms with Crippen LogP contribution in [0.2, 0.25) is 0 Å². The maximum Gasteiger partial charge on any atom is 0.336 e. The summed E-state index contributed by atoms with van der Waals surface area (Å²) in [5.74, 6) is -2.24. The lowest BCUT2D eigenvalue weighted by Crippen LogP contribution is -2.26. The molecule has 2 aliphatic rings. The minimum atomic E-state index is -0.545. The molecular weight excluding hydrogens is 526 g/mol. The van der Waals surface area contributed by atoms with Crippen molar-refractivity contribution in [3.63, 3.8) is 0 Å². The zero-order valence-electron chi connectivity index (χ0n) is 22.6. The van der Waals surface area contributed by atoms with Gasteiger partial charge in [0, 0.05) is 42.3 Å². The van der Waals surface area contributed by atoms with Gasteiger partial charge in [0.05, 0.1) is 5.92 Å². The van der Waals surface area contributed by atoms with Crippen molar-refractivity contribution in [1.29, 1.82) is 0 Å². The molecule has 0 radical (unpaired) electrons. The van der Waals surface area contributed by atoms with Gasteiger partial charge in [-0.25, -0.2) is 4.79 Å². The van der Waals surface area contributed by atoms with E-state index in [1.54, 1.807) is 12.1 Å². The maximum absolute atomic E-state index is 12.8. The van der Waals surface area contributed by atoms with Crippen molar-refractivity contribution < 1.29 is 29.4 Å². The molecule has 1 saturated carbocycles. The fourth-order valence-corrected chi connectivity index (χ4v) is 5.46. The number of nitrogens with two attached hydrogens (primary N) is 2. The molecule has 1 fully saturated rings. The number of rotatable bonds is 12.